The zero-order valence-corrected chi connectivity index (χ0v) is 13.8. The topological polar surface area (TPSA) is 68.0 Å². The van der Waals surface area contributed by atoms with Crippen LogP contribution in [0.25, 0.3) is 0 Å². The van der Waals surface area contributed by atoms with Crippen LogP contribution in [0.5, 0.6) is 0 Å². The molecule has 2 aromatic rings. The second kappa shape index (κ2) is 7.04. The lowest BCUT2D eigenvalue weighted by Gasteiger charge is -2.11. The zero-order valence-electron chi connectivity index (χ0n) is 12.2. The van der Waals surface area contributed by atoms with Crippen LogP contribution in [0.3, 0.4) is 0 Å². The third-order valence-electron chi connectivity index (χ3n) is 2.96. The highest BCUT2D eigenvalue weighted by Crippen LogP contribution is 2.26. The van der Waals surface area contributed by atoms with E-state index in [-0.39, 0.29) is 17.9 Å². The minimum absolute atomic E-state index is 0.0451. The molecule has 0 saturated carbocycles. The molecule has 0 aliphatic carbocycles. The van der Waals surface area contributed by atoms with E-state index < -0.39 is 0 Å². The Morgan fingerprint density at radius 3 is 2.76 bits per heavy atom. The number of rotatable bonds is 6. The first-order valence-electron chi connectivity index (χ1n) is 6.82. The molecule has 2 aromatic heterocycles. The summed E-state index contributed by atoms with van der Waals surface area (Å²) in [6.45, 7) is 5.92. The standard InChI is InChI=1S/C14H18ClN3O2S/c1-8(2)14-17-13(20-18-14)7-6-12(19)16-9(3)10-4-5-11(15)21-10/h4-5,8-9H,6-7H2,1-3H3,(H,16,19)/t9-/m1/s1. The highest BCUT2D eigenvalue weighted by Gasteiger charge is 2.14. The molecule has 0 bridgehead atoms. The number of nitrogens with zero attached hydrogens (tertiary/aromatic N) is 2. The van der Waals surface area contributed by atoms with Gasteiger partial charge in [-0.1, -0.05) is 30.6 Å². The smallest absolute Gasteiger partial charge is 0.227 e. The third-order valence-corrected chi connectivity index (χ3v) is 4.38. The van der Waals surface area contributed by atoms with Crippen molar-refractivity contribution in [1.82, 2.24) is 15.5 Å². The molecule has 1 atom stereocenters. The number of thiophene rings is 1. The van der Waals surface area contributed by atoms with Crippen molar-refractivity contribution in [2.75, 3.05) is 0 Å². The molecule has 1 amide bonds. The molecule has 1 N–H and O–H groups in total. The summed E-state index contributed by atoms with van der Waals surface area (Å²) in [7, 11) is 0. The Labute approximate surface area is 132 Å². The van der Waals surface area contributed by atoms with Gasteiger partial charge in [-0.05, 0) is 19.1 Å². The molecule has 0 aliphatic rings. The number of aryl methyl sites for hydroxylation is 1. The van der Waals surface area contributed by atoms with Gasteiger partial charge in [-0.15, -0.1) is 11.3 Å². The summed E-state index contributed by atoms with van der Waals surface area (Å²) >= 11 is 7.36. The fourth-order valence-electron chi connectivity index (χ4n) is 1.77. The molecule has 0 radical (unpaired) electrons. The van der Waals surface area contributed by atoms with Crippen molar-refractivity contribution in [1.29, 1.82) is 0 Å². The van der Waals surface area contributed by atoms with Gasteiger partial charge in [0.05, 0.1) is 10.4 Å². The van der Waals surface area contributed by atoms with Gasteiger partial charge < -0.3 is 9.84 Å². The normalized spacial score (nSPS) is 12.6. The summed E-state index contributed by atoms with van der Waals surface area (Å²) in [6, 6.07) is 3.70. The lowest BCUT2D eigenvalue weighted by atomic mass is 10.2. The molecule has 0 saturated heterocycles. The Kier molecular flexibility index (Phi) is 5.36. The predicted molar refractivity (Wildman–Crippen MR) is 82.6 cm³/mol. The van der Waals surface area contributed by atoms with Gasteiger partial charge in [0.2, 0.25) is 11.8 Å². The Morgan fingerprint density at radius 2 is 2.19 bits per heavy atom. The largest absolute Gasteiger partial charge is 0.349 e. The molecule has 2 rings (SSSR count). The van der Waals surface area contributed by atoms with Crippen molar-refractivity contribution >= 4 is 28.8 Å². The van der Waals surface area contributed by atoms with Gasteiger partial charge in [0.15, 0.2) is 5.82 Å². The summed E-state index contributed by atoms with van der Waals surface area (Å²) in [5.41, 5.74) is 0. The quantitative estimate of drug-likeness (QED) is 0.878. The molecule has 0 aromatic carbocycles. The number of halogens is 1. The third kappa shape index (κ3) is 4.54. The van der Waals surface area contributed by atoms with E-state index in [2.05, 4.69) is 15.5 Å². The number of aromatic nitrogens is 2. The number of hydrogen-bond donors (Lipinski definition) is 1. The molecule has 0 aliphatic heterocycles. The van der Waals surface area contributed by atoms with Gasteiger partial charge in [0.1, 0.15) is 0 Å². The highest BCUT2D eigenvalue weighted by atomic mass is 35.5. The van der Waals surface area contributed by atoms with Gasteiger partial charge in [-0.2, -0.15) is 4.98 Å². The van der Waals surface area contributed by atoms with E-state index in [0.717, 1.165) is 9.21 Å². The average Bonchev–Trinajstić information content (AvgIpc) is 3.05. The van der Waals surface area contributed by atoms with Crippen LogP contribution in [-0.4, -0.2) is 16.0 Å². The Morgan fingerprint density at radius 1 is 1.43 bits per heavy atom. The van der Waals surface area contributed by atoms with E-state index in [4.69, 9.17) is 16.1 Å². The van der Waals surface area contributed by atoms with Gasteiger partial charge in [-0.3, -0.25) is 4.79 Å². The molecule has 0 unspecified atom stereocenters. The first-order valence-corrected chi connectivity index (χ1v) is 8.02. The molecule has 5 nitrogen and oxygen atoms in total. The van der Waals surface area contributed by atoms with E-state index >= 15 is 0 Å². The lowest BCUT2D eigenvalue weighted by Crippen LogP contribution is -2.26. The van der Waals surface area contributed by atoms with Crippen LogP contribution in [0.4, 0.5) is 0 Å². The minimum atomic E-state index is -0.0519. The molecule has 0 fully saturated rings. The van der Waals surface area contributed by atoms with Gasteiger partial charge in [-0.25, -0.2) is 0 Å². The summed E-state index contributed by atoms with van der Waals surface area (Å²) < 4.78 is 5.83. The molecule has 0 spiro atoms. The van der Waals surface area contributed by atoms with Gasteiger partial charge in [0, 0.05) is 23.6 Å². The molecular weight excluding hydrogens is 310 g/mol. The molecule has 7 heteroatoms. The van der Waals surface area contributed by atoms with E-state index in [0.29, 0.717) is 24.6 Å². The molecule has 21 heavy (non-hydrogen) atoms. The van der Waals surface area contributed by atoms with Crippen molar-refractivity contribution in [3.63, 3.8) is 0 Å². The minimum Gasteiger partial charge on any atom is -0.349 e. The fraction of sp³-hybridized carbons (Fsp3) is 0.500. The summed E-state index contributed by atoms with van der Waals surface area (Å²) in [4.78, 5) is 17.2. The lowest BCUT2D eigenvalue weighted by molar-refractivity contribution is -0.121. The van der Waals surface area contributed by atoms with E-state index in [1.165, 1.54) is 11.3 Å². The van der Waals surface area contributed by atoms with Crippen molar-refractivity contribution in [2.45, 2.75) is 45.6 Å². The zero-order chi connectivity index (χ0) is 15.4. The number of hydrogen-bond acceptors (Lipinski definition) is 5. The van der Waals surface area contributed by atoms with Crippen LogP contribution in [-0.2, 0) is 11.2 Å². The van der Waals surface area contributed by atoms with Crippen LogP contribution in [0.15, 0.2) is 16.7 Å². The van der Waals surface area contributed by atoms with Crippen molar-refractivity contribution in [2.24, 2.45) is 0 Å². The first kappa shape index (κ1) is 16.0. The molecular formula is C14H18ClN3O2S. The van der Waals surface area contributed by atoms with Crippen molar-refractivity contribution < 1.29 is 9.32 Å². The van der Waals surface area contributed by atoms with Crippen molar-refractivity contribution in [3.8, 4) is 0 Å². The van der Waals surface area contributed by atoms with Crippen LogP contribution in [0.1, 0.15) is 55.7 Å². The number of nitrogens with one attached hydrogen (secondary N) is 1. The maximum Gasteiger partial charge on any atom is 0.227 e. The maximum absolute atomic E-state index is 11.9. The second-order valence-corrected chi connectivity index (χ2v) is 6.88. The van der Waals surface area contributed by atoms with E-state index in [1.807, 2.05) is 32.9 Å². The van der Waals surface area contributed by atoms with Gasteiger partial charge >= 0.3 is 0 Å². The molecule has 2 heterocycles. The molecule has 114 valence electrons. The van der Waals surface area contributed by atoms with Crippen LogP contribution in [0, 0.1) is 0 Å². The van der Waals surface area contributed by atoms with E-state index in [9.17, 15) is 4.79 Å². The SMILES string of the molecule is CC(C)c1noc(CCC(=O)N[C@H](C)c2ccc(Cl)s2)n1. The number of carbonyl (C=O) groups excluding carboxylic acids is 1. The summed E-state index contributed by atoms with van der Waals surface area (Å²) in [5, 5.41) is 6.81. The Bertz CT molecular complexity index is 609. The van der Waals surface area contributed by atoms with Crippen LogP contribution < -0.4 is 5.32 Å². The average molecular weight is 328 g/mol. The highest BCUT2D eigenvalue weighted by molar-refractivity contribution is 7.16. The monoisotopic (exact) mass is 327 g/mol. The van der Waals surface area contributed by atoms with E-state index in [1.54, 1.807) is 0 Å². The maximum atomic E-state index is 11.9. The van der Waals surface area contributed by atoms with Gasteiger partial charge in [0.25, 0.3) is 0 Å². The number of amides is 1. The second-order valence-electron chi connectivity index (χ2n) is 5.13. The first-order chi connectivity index (χ1) is 9.95. The Balaban J connectivity index is 1.81. The van der Waals surface area contributed by atoms with Crippen molar-refractivity contribution in [3.05, 3.63) is 33.1 Å². The van der Waals surface area contributed by atoms with Crippen LogP contribution in [0.2, 0.25) is 4.34 Å². The summed E-state index contributed by atoms with van der Waals surface area (Å²) in [6.07, 6.45) is 0.770. The van der Waals surface area contributed by atoms with Crippen LogP contribution >= 0.6 is 22.9 Å². The summed E-state index contributed by atoms with van der Waals surface area (Å²) in [5.74, 6) is 1.35. The predicted octanol–water partition coefficient (Wildman–Crippen LogP) is 3.72. The Hall–Kier alpha value is -1.40. The number of carbonyl (C=O) groups is 1. The fourth-order valence-corrected chi connectivity index (χ4v) is 2.83.